The molecule has 0 aliphatic heterocycles. The average Bonchev–Trinajstić information content (AvgIpc) is 2.03. The normalized spacial score (nSPS) is 29.6. The van der Waals surface area contributed by atoms with E-state index in [9.17, 15) is 5.11 Å². The molecule has 11 heavy (non-hydrogen) atoms. The van der Waals surface area contributed by atoms with Crippen molar-refractivity contribution in [2.75, 3.05) is 6.61 Å². The summed E-state index contributed by atoms with van der Waals surface area (Å²) >= 11 is 0. The highest BCUT2D eigenvalue weighted by molar-refractivity contribution is 5.20. The van der Waals surface area contributed by atoms with Crippen molar-refractivity contribution in [1.82, 2.24) is 0 Å². The lowest BCUT2D eigenvalue weighted by Crippen LogP contribution is -2.23. The van der Waals surface area contributed by atoms with Gasteiger partial charge in [-0.15, -0.1) is 0 Å². The molecule has 1 aliphatic rings. The highest BCUT2D eigenvalue weighted by Crippen LogP contribution is 2.44. The zero-order chi connectivity index (χ0) is 8.65. The van der Waals surface area contributed by atoms with Gasteiger partial charge in [0.2, 0.25) is 0 Å². The Morgan fingerprint density at radius 1 is 1.55 bits per heavy atom. The summed E-state index contributed by atoms with van der Waals surface area (Å²) < 4.78 is 0. The summed E-state index contributed by atoms with van der Waals surface area (Å²) in [6.07, 6.45) is 0.893. The fourth-order valence-corrected chi connectivity index (χ4v) is 1.90. The standard InChI is InChI=1S/C9H16O2/c1-6-4-9(2,3)7(5-10)8(6)11/h7,10-11H,4-5H2,1-3H3/t7-/m1/s1. The second kappa shape index (κ2) is 2.52. The van der Waals surface area contributed by atoms with Crippen LogP contribution in [0.15, 0.2) is 11.3 Å². The first-order chi connectivity index (χ1) is 4.99. The van der Waals surface area contributed by atoms with Crippen molar-refractivity contribution in [1.29, 1.82) is 0 Å². The maximum atomic E-state index is 9.51. The van der Waals surface area contributed by atoms with Gasteiger partial charge in [-0.05, 0) is 24.3 Å². The van der Waals surface area contributed by atoms with E-state index in [0.717, 1.165) is 12.0 Å². The predicted molar refractivity (Wildman–Crippen MR) is 44.3 cm³/mol. The van der Waals surface area contributed by atoms with Crippen LogP contribution in [0.3, 0.4) is 0 Å². The molecule has 0 bridgehead atoms. The van der Waals surface area contributed by atoms with E-state index in [2.05, 4.69) is 13.8 Å². The summed E-state index contributed by atoms with van der Waals surface area (Å²) in [5.41, 5.74) is 1.05. The lowest BCUT2D eigenvalue weighted by Gasteiger charge is -2.25. The van der Waals surface area contributed by atoms with Crippen LogP contribution in [-0.2, 0) is 0 Å². The van der Waals surface area contributed by atoms with Gasteiger partial charge in [0.05, 0.1) is 12.4 Å². The van der Waals surface area contributed by atoms with Crippen LogP contribution in [-0.4, -0.2) is 16.8 Å². The fourth-order valence-electron chi connectivity index (χ4n) is 1.90. The number of aliphatic hydroxyl groups excluding tert-OH is 2. The van der Waals surface area contributed by atoms with Crippen LogP contribution in [0.5, 0.6) is 0 Å². The van der Waals surface area contributed by atoms with E-state index >= 15 is 0 Å². The van der Waals surface area contributed by atoms with Gasteiger partial charge in [0, 0.05) is 5.92 Å². The Hall–Kier alpha value is -0.500. The van der Waals surface area contributed by atoms with Crippen LogP contribution in [0, 0.1) is 11.3 Å². The van der Waals surface area contributed by atoms with E-state index in [1.54, 1.807) is 0 Å². The minimum Gasteiger partial charge on any atom is -0.512 e. The van der Waals surface area contributed by atoms with E-state index < -0.39 is 0 Å². The molecule has 0 saturated carbocycles. The van der Waals surface area contributed by atoms with Crippen molar-refractivity contribution in [3.8, 4) is 0 Å². The van der Waals surface area contributed by atoms with Crippen LogP contribution in [0.25, 0.3) is 0 Å². The van der Waals surface area contributed by atoms with Crippen molar-refractivity contribution >= 4 is 0 Å². The van der Waals surface area contributed by atoms with Gasteiger partial charge in [-0.25, -0.2) is 0 Å². The quantitative estimate of drug-likeness (QED) is 0.608. The van der Waals surface area contributed by atoms with Crippen LogP contribution in [0.1, 0.15) is 27.2 Å². The van der Waals surface area contributed by atoms with Crippen LogP contribution in [0.4, 0.5) is 0 Å². The molecule has 0 aromatic carbocycles. The van der Waals surface area contributed by atoms with Crippen LogP contribution in [0.2, 0.25) is 0 Å². The smallest absolute Gasteiger partial charge is 0.0971 e. The van der Waals surface area contributed by atoms with Crippen molar-refractivity contribution in [2.24, 2.45) is 11.3 Å². The summed E-state index contributed by atoms with van der Waals surface area (Å²) in [6, 6.07) is 0. The van der Waals surface area contributed by atoms with Gasteiger partial charge in [-0.3, -0.25) is 0 Å². The maximum Gasteiger partial charge on any atom is 0.0971 e. The first-order valence-electron chi connectivity index (χ1n) is 3.98. The topological polar surface area (TPSA) is 40.5 Å². The highest BCUT2D eigenvalue weighted by Gasteiger charge is 2.38. The Morgan fingerprint density at radius 2 is 2.09 bits per heavy atom. The Bertz CT molecular complexity index is 192. The molecule has 0 spiro atoms. The molecular formula is C9H16O2. The molecule has 0 aromatic rings. The molecule has 64 valence electrons. The number of aliphatic hydroxyl groups is 2. The van der Waals surface area contributed by atoms with Crippen LogP contribution < -0.4 is 0 Å². The molecule has 0 aromatic heterocycles. The van der Waals surface area contributed by atoms with Crippen molar-refractivity contribution in [3.05, 3.63) is 11.3 Å². The number of hydrogen-bond donors (Lipinski definition) is 2. The fraction of sp³-hybridized carbons (Fsp3) is 0.778. The second-order valence-corrected chi connectivity index (χ2v) is 4.07. The second-order valence-electron chi connectivity index (χ2n) is 4.07. The Labute approximate surface area is 67.6 Å². The van der Waals surface area contributed by atoms with Gasteiger partial charge in [0.25, 0.3) is 0 Å². The maximum absolute atomic E-state index is 9.51. The first-order valence-corrected chi connectivity index (χ1v) is 3.98. The Morgan fingerprint density at radius 3 is 2.27 bits per heavy atom. The molecular weight excluding hydrogens is 140 g/mol. The van der Waals surface area contributed by atoms with E-state index in [4.69, 9.17) is 5.11 Å². The Kier molecular flexibility index (Phi) is 1.97. The lowest BCUT2D eigenvalue weighted by molar-refractivity contribution is 0.127. The molecule has 0 heterocycles. The third kappa shape index (κ3) is 1.27. The SMILES string of the molecule is CC1=C(O)[C@@H](CO)C(C)(C)C1. The monoisotopic (exact) mass is 156 g/mol. The van der Waals surface area contributed by atoms with Crippen molar-refractivity contribution < 1.29 is 10.2 Å². The molecule has 0 saturated heterocycles. The molecule has 2 heteroatoms. The summed E-state index contributed by atoms with van der Waals surface area (Å²) in [7, 11) is 0. The number of allylic oxidation sites excluding steroid dienone is 1. The molecule has 0 unspecified atom stereocenters. The van der Waals surface area contributed by atoms with E-state index in [-0.39, 0.29) is 17.9 Å². The largest absolute Gasteiger partial charge is 0.512 e. The minimum absolute atomic E-state index is 0.0307. The Balaban J connectivity index is 2.87. The molecule has 0 radical (unpaired) electrons. The number of rotatable bonds is 1. The lowest BCUT2D eigenvalue weighted by atomic mass is 9.81. The summed E-state index contributed by atoms with van der Waals surface area (Å²) in [5, 5.41) is 18.5. The van der Waals surface area contributed by atoms with Crippen molar-refractivity contribution in [2.45, 2.75) is 27.2 Å². The molecule has 2 N–H and O–H groups in total. The van der Waals surface area contributed by atoms with E-state index in [1.807, 2.05) is 6.92 Å². The van der Waals surface area contributed by atoms with Gasteiger partial charge in [-0.2, -0.15) is 0 Å². The van der Waals surface area contributed by atoms with Gasteiger partial charge in [0.15, 0.2) is 0 Å². The molecule has 0 amide bonds. The summed E-state index contributed by atoms with van der Waals surface area (Å²) in [4.78, 5) is 0. The summed E-state index contributed by atoms with van der Waals surface area (Å²) in [6.45, 7) is 6.12. The zero-order valence-corrected chi connectivity index (χ0v) is 7.39. The molecule has 1 rings (SSSR count). The predicted octanol–water partition coefficient (Wildman–Crippen LogP) is 1.86. The average molecular weight is 156 g/mol. The van der Waals surface area contributed by atoms with Gasteiger partial charge in [0.1, 0.15) is 0 Å². The minimum atomic E-state index is -0.0532. The summed E-state index contributed by atoms with van der Waals surface area (Å²) in [5.74, 6) is 0.347. The number of hydrogen-bond acceptors (Lipinski definition) is 2. The van der Waals surface area contributed by atoms with Crippen molar-refractivity contribution in [3.63, 3.8) is 0 Å². The molecule has 2 nitrogen and oxygen atoms in total. The zero-order valence-electron chi connectivity index (χ0n) is 7.39. The molecule has 0 fully saturated rings. The highest BCUT2D eigenvalue weighted by atomic mass is 16.3. The van der Waals surface area contributed by atoms with Gasteiger partial charge in [-0.1, -0.05) is 13.8 Å². The van der Waals surface area contributed by atoms with Gasteiger partial charge >= 0.3 is 0 Å². The molecule has 1 aliphatic carbocycles. The first kappa shape index (κ1) is 8.60. The van der Waals surface area contributed by atoms with Gasteiger partial charge < -0.3 is 10.2 Å². The third-order valence-electron chi connectivity index (χ3n) is 2.61. The van der Waals surface area contributed by atoms with Crippen LogP contribution >= 0.6 is 0 Å². The van der Waals surface area contributed by atoms with E-state index in [0.29, 0.717) is 5.76 Å². The van der Waals surface area contributed by atoms with E-state index in [1.165, 1.54) is 0 Å². The molecule has 1 atom stereocenters. The third-order valence-corrected chi connectivity index (χ3v) is 2.61.